The summed E-state index contributed by atoms with van der Waals surface area (Å²) in [6, 6.07) is 6.06. The Morgan fingerprint density at radius 3 is 2.25 bits per heavy atom. The maximum Gasteiger partial charge on any atom is 0.416 e. The van der Waals surface area contributed by atoms with Gasteiger partial charge in [0.25, 0.3) is 5.91 Å². The van der Waals surface area contributed by atoms with Crippen molar-refractivity contribution in [1.82, 2.24) is 4.98 Å². The van der Waals surface area contributed by atoms with Crippen LogP contribution in [0.1, 0.15) is 40.8 Å². The van der Waals surface area contributed by atoms with Crippen LogP contribution in [0.2, 0.25) is 0 Å². The Bertz CT molecular complexity index is 1260. The lowest BCUT2D eigenvalue weighted by molar-refractivity contribution is -0.137. The molecule has 1 atom stereocenters. The van der Waals surface area contributed by atoms with Gasteiger partial charge in [0.05, 0.1) is 5.56 Å². The van der Waals surface area contributed by atoms with E-state index in [1.54, 1.807) is 12.2 Å². The van der Waals surface area contributed by atoms with Crippen LogP contribution in [0.5, 0.6) is 5.75 Å². The first-order valence-corrected chi connectivity index (χ1v) is 11.1. The maximum absolute atomic E-state index is 14.9. The van der Waals surface area contributed by atoms with Gasteiger partial charge < -0.3 is 14.9 Å². The Kier molecular flexibility index (Phi) is 8.34. The average Bonchev–Trinajstić information content (AvgIpc) is 3.19. The fourth-order valence-electron chi connectivity index (χ4n) is 3.38. The molecule has 36 heavy (non-hydrogen) atoms. The molecule has 0 aliphatic heterocycles. The summed E-state index contributed by atoms with van der Waals surface area (Å²) in [6.07, 6.45) is -2.04. The molecule has 1 unspecified atom stereocenters. The van der Waals surface area contributed by atoms with E-state index in [1.807, 2.05) is 0 Å². The van der Waals surface area contributed by atoms with E-state index in [0.29, 0.717) is 11.5 Å². The number of benzene rings is 2. The summed E-state index contributed by atoms with van der Waals surface area (Å²) in [6.45, 7) is 7.37. The van der Waals surface area contributed by atoms with Gasteiger partial charge in [-0.25, -0.2) is 13.8 Å². The van der Waals surface area contributed by atoms with Gasteiger partial charge in [-0.1, -0.05) is 24.3 Å². The van der Waals surface area contributed by atoms with Crippen molar-refractivity contribution in [2.75, 3.05) is 0 Å². The molecule has 0 aliphatic carbocycles. The number of alkyl halides is 3. The highest BCUT2D eigenvalue weighted by Crippen LogP contribution is 2.40. The standard InChI is InChI=1S/C25H19BrF5N2O3/c1-3-5-14(6-4-2)21(35-17-12-11-16(27)18(19(17)28)23(32)34)24-33-20(22(26)36-24)13-7-9-15(10-8-13)25(29,30)31/h3-4,7-12,21H,1-2,5-6H2,(H2,32,34). The van der Waals surface area contributed by atoms with Crippen molar-refractivity contribution >= 4 is 21.8 Å². The molecule has 0 saturated carbocycles. The molecule has 0 bridgehead atoms. The molecule has 0 aliphatic rings. The molecule has 1 amide bonds. The normalized spacial score (nSPS) is 12.4. The highest BCUT2D eigenvalue weighted by molar-refractivity contribution is 9.10. The fourth-order valence-corrected chi connectivity index (χ4v) is 3.86. The molecule has 189 valence electrons. The summed E-state index contributed by atoms with van der Waals surface area (Å²) in [5, 5.41) is 0. The smallest absolute Gasteiger partial charge is 0.416 e. The number of hydrogen-bond donors (Lipinski definition) is 1. The Morgan fingerprint density at radius 1 is 1.11 bits per heavy atom. The van der Waals surface area contributed by atoms with Gasteiger partial charge in [0.2, 0.25) is 5.89 Å². The molecule has 2 N–H and O–H groups in total. The van der Waals surface area contributed by atoms with Crippen molar-refractivity contribution in [3.8, 4) is 17.0 Å². The molecule has 0 spiro atoms. The SMILES string of the molecule is C=CC[C](CC=C)C(Oc1ccc(F)c(C(N)=O)c1F)c1nc(-c2ccc(C(F)(F)F)cc2)c(Br)o1. The number of ether oxygens (including phenoxy) is 1. The van der Waals surface area contributed by atoms with Crippen LogP contribution in [-0.2, 0) is 6.18 Å². The number of nitrogens with two attached hydrogens (primary N) is 1. The molecule has 1 radical (unpaired) electrons. The largest absolute Gasteiger partial charge is 0.477 e. The molecule has 3 aromatic rings. The minimum Gasteiger partial charge on any atom is -0.477 e. The Labute approximate surface area is 211 Å². The number of primary amides is 1. The first kappa shape index (κ1) is 27.1. The van der Waals surface area contributed by atoms with Crippen molar-refractivity contribution in [3.05, 3.63) is 101 Å². The molecule has 2 aromatic carbocycles. The zero-order valence-electron chi connectivity index (χ0n) is 18.5. The third-order valence-corrected chi connectivity index (χ3v) is 5.58. The zero-order valence-corrected chi connectivity index (χ0v) is 20.1. The molecule has 11 heteroatoms. The van der Waals surface area contributed by atoms with Gasteiger partial charge in [-0.3, -0.25) is 4.79 Å². The van der Waals surface area contributed by atoms with Gasteiger partial charge in [-0.2, -0.15) is 13.2 Å². The molecule has 0 fully saturated rings. The number of carbonyl (C=O) groups is 1. The average molecular weight is 570 g/mol. The molecular weight excluding hydrogens is 551 g/mol. The minimum atomic E-state index is -4.51. The van der Waals surface area contributed by atoms with Crippen LogP contribution < -0.4 is 10.5 Å². The van der Waals surface area contributed by atoms with Gasteiger partial charge in [0.15, 0.2) is 22.3 Å². The van der Waals surface area contributed by atoms with E-state index in [-0.39, 0.29) is 29.1 Å². The number of halogens is 6. The van der Waals surface area contributed by atoms with E-state index in [2.05, 4.69) is 34.1 Å². The lowest BCUT2D eigenvalue weighted by Crippen LogP contribution is -2.20. The highest BCUT2D eigenvalue weighted by Gasteiger charge is 2.33. The molecular formula is C25H19BrF5N2O3. The monoisotopic (exact) mass is 569 g/mol. The molecule has 0 saturated heterocycles. The predicted molar refractivity (Wildman–Crippen MR) is 126 cm³/mol. The molecule has 5 nitrogen and oxygen atoms in total. The van der Waals surface area contributed by atoms with E-state index >= 15 is 0 Å². The minimum absolute atomic E-state index is 0.0832. The van der Waals surface area contributed by atoms with Crippen molar-refractivity contribution < 1.29 is 35.9 Å². The summed E-state index contributed by atoms with van der Waals surface area (Å²) in [4.78, 5) is 15.9. The predicted octanol–water partition coefficient (Wildman–Crippen LogP) is 7.35. The van der Waals surface area contributed by atoms with E-state index < -0.39 is 46.7 Å². The summed E-state index contributed by atoms with van der Waals surface area (Å²) in [7, 11) is 0. The number of carbonyl (C=O) groups excluding carboxylic acids is 1. The first-order chi connectivity index (χ1) is 17.0. The van der Waals surface area contributed by atoms with Crippen LogP contribution in [0.25, 0.3) is 11.3 Å². The Morgan fingerprint density at radius 2 is 1.72 bits per heavy atom. The number of allylic oxidation sites excluding steroid dienone is 2. The van der Waals surface area contributed by atoms with E-state index in [9.17, 15) is 26.7 Å². The van der Waals surface area contributed by atoms with Gasteiger partial charge in [-0.05, 0) is 53.0 Å². The zero-order chi connectivity index (χ0) is 26.6. The molecule has 1 aromatic heterocycles. The van der Waals surface area contributed by atoms with Crippen LogP contribution in [-0.4, -0.2) is 10.9 Å². The fraction of sp³-hybridized carbons (Fsp3) is 0.160. The molecule has 3 rings (SSSR count). The number of nitrogens with zero attached hydrogens (tertiary/aromatic N) is 1. The maximum atomic E-state index is 14.9. The molecule has 1 heterocycles. The van der Waals surface area contributed by atoms with Crippen molar-refractivity contribution in [1.29, 1.82) is 0 Å². The summed E-state index contributed by atoms with van der Waals surface area (Å²) in [5.41, 5.74) is 3.76. The van der Waals surface area contributed by atoms with Crippen LogP contribution in [0.15, 0.2) is 70.8 Å². The van der Waals surface area contributed by atoms with E-state index in [4.69, 9.17) is 14.9 Å². The quantitative estimate of drug-likeness (QED) is 0.204. The lowest BCUT2D eigenvalue weighted by atomic mass is 9.94. The van der Waals surface area contributed by atoms with Crippen molar-refractivity contribution in [3.63, 3.8) is 0 Å². The van der Waals surface area contributed by atoms with Gasteiger partial charge >= 0.3 is 6.18 Å². The van der Waals surface area contributed by atoms with Crippen LogP contribution in [0.4, 0.5) is 22.0 Å². The summed E-state index contributed by atoms with van der Waals surface area (Å²) < 4.78 is 79.2. The van der Waals surface area contributed by atoms with Crippen molar-refractivity contribution in [2.45, 2.75) is 25.1 Å². The number of hydrogen-bond acceptors (Lipinski definition) is 4. The topological polar surface area (TPSA) is 78.4 Å². The third kappa shape index (κ3) is 5.84. The van der Waals surface area contributed by atoms with E-state index in [1.165, 1.54) is 12.1 Å². The second kappa shape index (κ2) is 11.1. The van der Waals surface area contributed by atoms with Crippen molar-refractivity contribution in [2.24, 2.45) is 5.73 Å². The lowest BCUT2D eigenvalue weighted by Gasteiger charge is -2.24. The highest BCUT2D eigenvalue weighted by atomic mass is 79.9. The van der Waals surface area contributed by atoms with Crippen LogP contribution in [0, 0.1) is 17.6 Å². The Hall–Kier alpha value is -3.47. The number of rotatable bonds is 10. The van der Waals surface area contributed by atoms with Crippen LogP contribution >= 0.6 is 15.9 Å². The van der Waals surface area contributed by atoms with Gasteiger partial charge in [-0.15, -0.1) is 13.2 Å². The van der Waals surface area contributed by atoms with Crippen LogP contribution in [0.3, 0.4) is 0 Å². The second-order valence-corrected chi connectivity index (χ2v) is 8.21. The van der Waals surface area contributed by atoms with E-state index in [0.717, 1.165) is 24.3 Å². The Balaban J connectivity index is 2.07. The van der Waals surface area contributed by atoms with Gasteiger partial charge in [0, 0.05) is 11.5 Å². The first-order valence-electron chi connectivity index (χ1n) is 10.3. The number of amides is 1. The number of oxazole rings is 1. The van der Waals surface area contributed by atoms with Gasteiger partial charge in [0.1, 0.15) is 17.1 Å². The third-order valence-electron chi connectivity index (χ3n) is 5.04. The number of aromatic nitrogens is 1. The summed E-state index contributed by atoms with van der Waals surface area (Å²) in [5.74, 6) is -3.80. The summed E-state index contributed by atoms with van der Waals surface area (Å²) >= 11 is 3.21. The second-order valence-electron chi connectivity index (χ2n) is 7.49.